The summed E-state index contributed by atoms with van der Waals surface area (Å²) in [4.78, 5) is 0. The van der Waals surface area contributed by atoms with Crippen LogP contribution in [0.5, 0.6) is 0 Å². The van der Waals surface area contributed by atoms with Crippen LogP contribution in [0.1, 0.15) is 49.7 Å². The van der Waals surface area contributed by atoms with E-state index in [1.165, 1.54) is 56.9 Å². The average Bonchev–Trinajstić information content (AvgIpc) is 2.72. The highest BCUT2D eigenvalue weighted by atomic mass is 79.9. The van der Waals surface area contributed by atoms with Crippen molar-refractivity contribution in [1.29, 1.82) is 0 Å². The first kappa shape index (κ1) is 14.3. The molecule has 0 saturated carbocycles. The van der Waals surface area contributed by atoms with E-state index in [0.29, 0.717) is 5.92 Å². The Balaban J connectivity index is 2.04. The molecule has 0 aliphatic heterocycles. The quantitative estimate of drug-likeness (QED) is 0.495. The maximum Gasteiger partial charge on any atom is 0.0178 e. The van der Waals surface area contributed by atoms with Gasteiger partial charge in [-0.3, -0.25) is 0 Å². The Morgan fingerprint density at radius 3 is 1.90 bits per heavy atom. The highest BCUT2D eigenvalue weighted by molar-refractivity contribution is 9.10. The molecule has 0 spiro atoms. The summed E-state index contributed by atoms with van der Waals surface area (Å²) >= 11 is 7.25. The molecule has 0 nitrogen and oxygen atoms in total. The van der Waals surface area contributed by atoms with Crippen LogP contribution < -0.4 is 0 Å². The Bertz CT molecular complexity index is 580. The number of rotatable bonds is 4. The predicted molar refractivity (Wildman–Crippen MR) is 93.3 cm³/mol. The van der Waals surface area contributed by atoms with Crippen LogP contribution in [0.4, 0.5) is 0 Å². The summed E-state index contributed by atoms with van der Waals surface area (Å²) in [7, 11) is 0. The first-order valence-corrected chi connectivity index (χ1v) is 8.88. The van der Waals surface area contributed by atoms with E-state index in [9.17, 15) is 0 Å². The Morgan fingerprint density at radius 2 is 1.40 bits per heavy atom. The van der Waals surface area contributed by atoms with E-state index in [0.717, 1.165) is 0 Å². The summed E-state index contributed by atoms with van der Waals surface area (Å²) in [6.45, 7) is 2.27. The van der Waals surface area contributed by atoms with Gasteiger partial charge in [0.2, 0.25) is 0 Å². The summed E-state index contributed by atoms with van der Waals surface area (Å²) in [6, 6.07) is 13.4. The second kappa shape index (κ2) is 6.03. The fraction of sp³-hybridized carbons (Fsp3) is 0.333. The van der Waals surface area contributed by atoms with Crippen molar-refractivity contribution < 1.29 is 0 Å². The molecule has 2 aromatic rings. The van der Waals surface area contributed by atoms with E-state index in [-0.39, 0.29) is 0 Å². The summed E-state index contributed by atoms with van der Waals surface area (Å²) in [5.74, 6) is 0.557. The van der Waals surface area contributed by atoms with Gasteiger partial charge in [0.05, 0.1) is 0 Å². The number of unbranched alkanes of at least 4 members (excludes halogenated alkanes) is 2. The summed E-state index contributed by atoms with van der Waals surface area (Å²) in [5.41, 5.74) is 5.81. The Labute approximate surface area is 137 Å². The topological polar surface area (TPSA) is 0 Å². The standard InChI is InChI=1S/C18H18Br2/c1-2-3-4-5-14-17-10-12(19)6-8-15(17)16-9-7-13(20)11-18(14)16/h6-11,14H,2-5H2,1H3. The molecule has 1 aliphatic rings. The largest absolute Gasteiger partial charge is 0.0654 e. The summed E-state index contributed by atoms with van der Waals surface area (Å²) < 4.78 is 2.37. The van der Waals surface area contributed by atoms with Gasteiger partial charge in [-0.15, -0.1) is 0 Å². The van der Waals surface area contributed by atoms with Crippen LogP contribution in [0, 0.1) is 0 Å². The van der Waals surface area contributed by atoms with E-state index in [1.54, 1.807) is 0 Å². The van der Waals surface area contributed by atoms with Gasteiger partial charge >= 0.3 is 0 Å². The molecule has 0 unspecified atom stereocenters. The monoisotopic (exact) mass is 392 g/mol. The minimum Gasteiger partial charge on any atom is -0.0654 e. The van der Waals surface area contributed by atoms with E-state index in [4.69, 9.17) is 0 Å². The molecule has 3 rings (SSSR count). The molecule has 0 saturated heterocycles. The first-order chi connectivity index (χ1) is 9.70. The van der Waals surface area contributed by atoms with E-state index in [1.807, 2.05) is 0 Å². The highest BCUT2D eigenvalue weighted by Gasteiger charge is 2.28. The van der Waals surface area contributed by atoms with E-state index < -0.39 is 0 Å². The van der Waals surface area contributed by atoms with Gasteiger partial charge in [-0.2, -0.15) is 0 Å². The fourth-order valence-corrected chi connectivity index (χ4v) is 3.97. The third kappa shape index (κ3) is 2.60. The Hall–Kier alpha value is -0.600. The van der Waals surface area contributed by atoms with Crippen LogP contribution in [0.3, 0.4) is 0 Å². The number of fused-ring (bicyclic) bond motifs is 3. The van der Waals surface area contributed by atoms with Crippen molar-refractivity contribution in [3.8, 4) is 11.1 Å². The number of hydrogen-bond donors (Lipinski definition) is 0. The lowest BCUT2D eigenvalue weighted by Crippen LogP contribution is -1.97. The minimum absolute atomic E-state index is 0.557. The lowest BCUT2D eigenvalue weighted by atomic mass is 9.91. The summed E-state index contributed by atoms with van der Waals surface area (Å²) in [5, 5.41) is 0. The highest BCUT2D eigenvalue weighted by Crippen LogP contribution is 2.48. The van der Waals surface area contributed by atoms with Crippen molar-refractivity contribution in [3.05, 3.63) is 56.5 Å². The second-order valence-corrected chi connectivity index (χ2v) is 7.34. The first-order valence-electron chi connectivity index (χ1n) is 7.30. The molecule has 0 aromatic heterocycles. The fourth-order valence-electron chi connectivity index (χ4n) is 3.21. The van der Waals surface area contributed by atoms with Gasteiger partial charge in [0.25, 0.3) is 0 Å². The SMILES string of the molecule is CCCCCC1c2cc(Br)ccc2-c2ccc(Br)cc21. The third-order valence-corrected chi connectivity index (χ3v) is 5.15. The van der Waals surface area contributed by atoms with Crippen LogP contribution in [0.2, 0.25) is 0 Å². The Kier molecular flexibility index (Phi) is 4.32. The molecule has 0 atom stereocenters. The molecule has 20 heavy (non-hydrogen) atoms. The van der Waals surface area contributed by atoms with Crippen molar-refractivity contribution in [2.45, 2.75) is 38.5 Å². The second-order valence-electron chi connectivity index (χ2n) is 5.51. The molecule has 0 N–H and O–H groups in total. The van der Waals surface area contributed by atoms with Crippen molar-refractivity contribution in [2.24, 2.45) is 0 Å². The van der Waals surface area contributed by atoms with Gasteiger partial charge in [-0.25, -0.2) is 0 Å². The van der Waals surface area contributed by atoms with Crippen molar-refractivity contribution >= 4 is 31.9 Å². The molecule has 0 fully saturated rings. The van der Waals surface area contributed by atoms with Crippen LogP contribution >= 0.6 is 31.9 Å². The van der Waals surface area contributed by atoms with Crippen LogP contribution in [-0.4, -0.2) is 0 Å². The van der Waals surface area contributed by atoms with Gasteiger partial charge in [-0.1, -0.05) is 70.2 Å². The van der Waals surface area contributed by atoms with E-state index >= 15 is 0 Å². The molecule has 2 heteroatoms. The van der Waals surface area contributed by atoms with Crippen LogP contribution in [0.15, 0.2) is 45.3 Å². The molecular weight excluding hydrogens is 376 g/mol. The van der Waals surface area contributed by atoms with E-state index in [2.05, 4.69) is 75.2 Å². The number of halogens is 2. The van der Waals surface area contributed by atoms with Crippen LogP contribution in [-0.2, 0) is 0 Å². The molecule has 104 valence electrons. The maximum absolute atomic E-state index is 3.62. The Morgan fingerprint density at radius 1 is 0.850 bits per heavy atom. The van der Waals surface area contributed by atoms with Gasteiger partial charge in [-0.05, 0) is 52.9 Å². The lowest BCUT2D eigenvalue weighted by molar-refractivity contribution is 0.625. The molecule has 0 bridgehead atoms. The zero-order chi connectivity index (χ0) is 14.1. The number of hydrogen-bond acceptors (Lipinski definition) is 0. The average molecular weight is 394 g/mol. The molecule has 0 amide bonds. The summed E-state index contributed by atoms with van der Waals surface area (Å²) in [6.07, 6.45) is 5.16. The molecule has 0 radical (unpaired) electrons. The van der Waals surface area contributed by atoms with Crippen molar-refractivity contribution in [1.82, 2.24) is 0 Å². The molecular formula is C18H18Br2. The number of benzene rings is 2. The van der Waals surface area contributed by atoms with Crippen LogP contribution in [0.25, 0.3) is 11.1 Å². The molecule has 0 heterocycles. The third-order valence-electron chi connectivity index (χ3n) is 4.16. The predicted octanol–water partition coefficient (Wildman–Crippen LogP) is 6.90. The maximum atomic E-state index is 3.62. The van der Waals surface area contributed by atoms with Crippen molar-refractivity contribution in [2.75, 3.05) is 0 Å². The van der Waals surface area contributed by atoms with Gasteiger partial charge < -0.3 is 0 Å². The van der Waals surface area contributed by atoms with Gasteiger partial charge in [0, 0.05) is 14.9 Å². The molecule has 2 aromatic carbocycles. The smallest absolute Gasteiger partial charge is 0.0178 e. The molecule has 1 aliphatic carbocycles. The zero-order valence-corrected chi connectivity index (χ0v) is 14.8. The minimum atomic E-state index is 0.557. The normalized spacial score (nSPS) is 13.3. The lowest BCUT2D eigenvalue weighted by Gasteiger charge is -2.13. The zero-order valence-electron chi connectivity index (χ0n) is 11.6. The van der Waals surface area contributed by atoms with Gasteiger partial charge in [0.1, 0.15) is 0 Å². The van der Waals surface area contributed by atoms with Gasteiger partial charge in [0.15, 0.2) is 0 Å². The van der Waals surface area contributed by atoms with Crippen molar-refractivity contribution in [3.63, 3.8) is 0 Å².